The first kappa shape index (κ1) is 17.2. The topological polar surface area (TPSA) is 111 Å². The van der Waals surface area contributed by atoms with Crippen LogP contribution in [0.15, 0.2) is 24.3 Å². The molecule has 1 atom stereocenters. The Morgan fingerprint density at radius 1 is 1.35 bits per heavy atom. The van der Waals surface area contributed by atoms with Crippen LogP contribution >= 0.6 is 11.8 Å². The fraction of sp³-hybridized carbons (Fsp3) is 0.429. The molecule has 1 aromatic carbocycles. The van der Waals surface area contributed by atoms with Crippen LogP contribution < -0.4 is 10.6 Å². The van der Waals surface area contributed by atoms with E-state index >= 15 is 0 Å². The second-order valence-corrected chi connectivity index (χ2v) is 6.24. The average Bonchev–Trinajstić information content (AvgIpc) is 3.02. The van der Waals surface area contributed by atoms with Crippen molar-refractivity contribution in [1.29, 1.82) is 0 Å². The van der Waals surface area contributed by atoms with Crippen molar-refractivity contribution < 1.29 is 19.2 Å². The molecule has 0 aliphatic carbocycles. The van der Waals surface area contributed by atoms with E-state index in [1.807, 2.05) is 0 Å². The first-order valence-corrected chi connectivity index (χ1v) is 8.08. The molecule has 0 bridgehead atoms. The number of rotatable bonds is 5. The third kappa shape index (κ3) is 4.42. The van der Waals surface area contributed by atoms with E-state index in [4.69, 9.17) is 4.74 Å². The summed E-state index contributed by atoms with van der Waals surface area (Å²) in [6, 6.07) is 5.24. The smallest absolute Gasteiger partial charge is 0.313 e. The van der Waals surface area contributed by atoms with Crippen LogP contribution in [0.2, 0.25) is 0 Å². The van der Waals surface area contributed by atoms with E-state index in [1.54, 1.807) is 18.9 Å². The van der Waals surface area contributed by atoms with Crippen LogP contribution in [-0.2, 0) is 14.3 Å². The molecule has 1 aliphatic heterocycles. The lowest BCUT2D eigenvalue weighted by Gasteiger charge is -2.26. The van der Waals surface area contributed by atoms with Gasteiger partial charge in [-0.05, 0) is 24.3 Å². The number of nitrogens with zero attached hydrogens (tertiary/aromatic N) is 1. The maximum Gasteiger partial charge on any atom is 0.313 e. The fourth-order valence-corrected chi connectivity index (χ4v) is 3.53. The Labute approximate surface area is 137 Å². The Balaban J connectivity index is 1.87. The molecule has 0 radical (unpaired) electrons. The van der Waals surface area contributed by atoms with Crippen molar-refractivity contribution in [2.24, 2.45) is 0 Å². The molecule has 124 valence electrons. The van der Waals surface area contributed by atoms with Crippen molar-refractivity contribution >= 4 is 35.0 Å². The summed E-state index contributed by atoms with van der Waals surface area (Å²) in [7, 11) is 1.59. The lowest BCUT2D eigenvalue weighted by molar-refractivity contribution is -0.384. The number of non-ortho nitro benzene ring substituents is 1. The number of ether oxygens (including phenoxy) is 1. The van der Waals surface area contributed by atoms with Gasteiger partial charge in [0.25, 0.3) is 5.69 Å². The molecule has 1 fully saturated rings. The second kappa shape index (κ2) is 7.42. The third-order valence-corrected chi connectivity index (χ3v) is 4.84. The molecular weight excluding hydrogens is 322 g/mol. The zero-order valence-corrected chi connectivity index (χ0v) is 13.4. The molecule has 2 amide bonds. The van der Waals surface area contributed by atoms with Crippen LogP contribution in [0, 0.1) is 10.1 Å². The predicted molar refractivity (Wildman–Crippen MR) is 86.4 cm³/mol. The fourth-order valence-electron chi connectivity index (χ4n) is 2.14. The Kier molecular flexibility index (Phi) is 5.56. The first-order chi connectivity index (χ1) is 11.0. The van der Waals surface area contributed by atoms with Crippen molar-refractivity contribution in [3.8, 4) is 0 Å². The van der Waals surface area contributed by atoms with Crippen molar-refractivity contribution in [1.82, 2.24) is 5.32 Å². The third-order valence-electron chi connectivity index (χ3n) is 3.61. The second-order valence-electron chi connectivity index (χ2n) is 5.13. The molecule has 0 aromatic heterocycles. The minimum Gasteiger partial charge on any atom is -0.376 e. The van der Waals surface area contributed by atoms with Crippen molar-refractivity contribution in [3.63, 3.8) is 0 Å². The molecular formula is C14H17N3O5S. The van der Waals surface area contributed by atoms with Gasteiger partial charge in [-0.2, -0.15) is 11.8 Å². The van der Waals surface area contributed by atoms with E-state index in [9.17, 15) is 19.7 Å². The minimum absolute atomic E-state index is 0.0896. The summed E-state index contributed by atoms with van der Waals surface area (Å²) in [5.41, 5.74) is -0.199. The zero-order valence-electron chi connectivity index (χ0n) is 12.5. The summed E-state index contributed by atoms with van der Waals surface area (Å²) in [6.45, 7) is 0.267. The van der Waals surface area contributed by atoms with E-state index in [1.165, 1.54) is 24.3 Å². The molecule has 2 rings (SSSR count). The molecule has 8 nitrogen and oxygen atoms in total. The van der Waals surface area contributed by atoms with Crippen LogP contribution in [0.3, 0.4) is 0 Å². The SMILES string of the molecule is COC1(CNC(=O)C(=O)Nc2ccc([N+](=O)[O-])cc2)CCSC1. The van der Waals surface area contributed by atoms with Crippen molar-refractivity contribution in [2.75, 3.05) is 30.5 Å². The number of carbonyl (C=O) groups is 2. The van der Waals surface area contributed by atoms with Crippen molar-refractivity contribution in [3.05, 3.63) is 34.4 Å². The molecule has 1 saturated heterocycles. The van der Waals surface area contributed by atoms with E-state index in [0.29, 0.717) is 5.69 Å². The number of amides is 2. The summed E-state index contributed by atoms with van der Waals surface area (Å²) in [5, 5.41) is 15.5. The predicted octanol–water partition coefficient (Wildman–Crippen LogP) is 1.17. The molecule has 1 heterocycles. The summed E-state index contributed by atoms with van der Waals surface area (Å²) in [5.74, 6) is 0.138. The van der Waals surface area contributed by atoms with Gasteiger partial charge in [-0.3, -0.25) is 19.7 Å². The minimum atomic E-state index is -0.823. The zero-order chi connectivity index (χ0) is 16.9. The number of benzene rings is 1. The Morgan fingerprint density at radius 3 is 2.57 bits per heavy atom. The van der Waals surface area contributed by atoms with Crippen LogP contribution in [0.1, 0.15) is 6.42 Å². The normalized spacial score (nSPS) is 20.0. The summed E-state index contributed by atoms with van der Waals surface area (Å²) in [4.78, 5) is 33.7. The number of thioether (sulfide) groups is 1. The van der Waals surface area contributed by atoms with Gasteiger partial charge in [0.05, 0.1) is 10.5 Å². The number of methoxy groups -OCH3 is 1. The lowest BCUT2D eigenvalue weighted by atomic mass is 10.0. The summed E-state index contributed by atoms with van der Waals surface area (Å²) < 4.78 is 5.45. The van der Waals surface area contributed by atoms with Crippen LogP contribution in [0.25, 0.3) is 0 Å². The highest BCUT2D eigenvalue weighted by atomic mass is 32.2. The number of nitro benzene ring substituents is 1. The average molecular weight is 339 g/mol. The quantitative estimate of drug-likeness (QED) is 0.473. The first-order valence-electron chi connectivity index (χ1n) is 6.92. The number of carbonyl (C=O) groups excluding carboxylic acids is 2. The number of nitro groups is 1. The Morgan fingerprint density at radius 2 is 2.04 bits per heavy atom. The van der Waals surface area contributed by atoms with E-state index in [2.05, 4.69) is 10.6 Å². The van der Waals surface area contributed by atoms with Crippen molar-refractivity contribution in [2.45, 2.75) is 12.0 Å². The standard InChI is InChI=1S/C14H17N3O5S/c1-22-14(6-7-23-9-14)8-15-12(18)13(19)16-10-2-4-11(5-3-10)17(20)21/h2-5H,6-9H2,1H3,(H,15,18)(H,16,19). The van der Waals surface area contributed by atoms with E-state index < -0.39 is 22.3 Å². The maximum atomic E-state index is 11.8. The molecule has 1 aliphatic rings. The van der Waals surface area contributed by atoms with Gasteiger partial charge in [0.15, 0.2) is 0 Å². The number of anilines is 1. The van der Waals surface area contributed by atoms with Gasteiger partial charge in [-0.25, -0.2) is 0 Å². The Hall–Kier alpha value is -2.13. The number of hydrogen-bond acceptors (Lipinski definition) is 6. The Bertz CT molecular complexity index is 599. The van der Waals surface area contributed by atoms with Gasteiger partial charge in [0.1, 0.15) is 0 Å². The molecule has 1 unspecified atom stereocenters. The van der Waals surface area contributed by atoms with E-state index in [-0.39, 0.29) is 12.2 Å². The van der Waals surface area contributed by atoms with Gasteiger partial charge >= 0.3 is 11.8 Å². The molecule has 0 saturated carbocycles. The summed E-state index contributed by atoms with van der Waals surface area (Å²) >= 11 is 1.74. The van der Waals surface area contributed by atoms with Gasteiger partial charge in [0, 0.05) is 37.2 Å². The maximum absolute atomic E-state index is 11.8. The van der Waals surface area contributed by atoms with Crippen LogP contribution in [-0.4, -0.2) is 47.5 Å². The number of hydrogen-bond donors (Lipinski definition) is 2. The highest BCUT2D eigenvalue weighted by Crippen LogP contribution is 2.30. The molecule has 2 N–H and O–H groups in total. The van der Waals surface area contributed by atoms with Gasteiger partial charge in [-0.15, -0.1) is 0 Å². The van der Waals surface area contributed by atoms with Crippen LogP contribution in [0.5, 0.6) is 0 Å². The van der Waals surface area contributed by atoms with Gasteiger partial charge in [0.2, 0.25) is 0 Å². The van der Waals surface area contributed by atoms with Gasteiger partial charge < -0.3 is 15.4 Å². The lowest BCUT2D eigenvalue weighted by Crippen LogP contribution is -2.47. The molecule has 9 heteroatoms. The largest absolute Gasteiger partial charge is 0.376 e. The monoisotopic (exact) mass is 339 g/mol. The summed E-state index contributed by atoms with van der Waals surface area (Å²) in [6.07, 6.45) is 0.818. The highest BCUT2D eigenvalue weighted by Gasteiger charge is 2.35. The van der Waals surface area contributed by atoms with Gasteiger partial charge in [-0.1, -0.05) is 0 Å². The van der Waals surface area contributed by atoms with E-state index in [0.717, 1.165) is 17.9 Å². The molecule has 1 aromatic rings. The number of nitrogens with one attached hydrogen (secondary N) is 2. The van der Waals surface area contributed by atoms with Crippen LogP contribution in [0.4, 0.5) is 11.4 Å². The molecule has 0 spiro atoms. The molecule has 23 heavy (non-hydrogen) atoms. The highest BCUT2D eigenvalue weighted by molar-refractivity contribution is 7.99.